The fourth-order valence-corrected chi connectivity index (χ4v) is 1.85. The Bertz CT molecular complexity index is 308. The van der Waals surface area contributed by atoms with E-state index in [-0.39, 0.29) is 0 Å². The molecular formula is C16H26. The lowest BCUT2D eigenvalue weighted by Crippen LogP contribution is -1.97. The molecule has 0 aromatic heterocycles. The molecule has 0 atom stereocenters. The fraction of sp³-hybridized carbons (Fsp3) is 0.500. The van der Waals surface area contributed by atoms with Crippen LogP contribution in [0.1, 0.15) is 57.7 Å². The van der Waals surface area contributed by atoms with Gasteiger partial charge in [0.1, 0.15) is 0 Å². The van der Waals surface area contributed by atoms with E-state index in [2.05, 4.69) is 37.3 Å². The van der Waals surface area contributed by atoms with Crippen LogP contribution in [0, 0.1) is 0 Å². The molecule has 0 N–H and O–H groups in total. The molecule has 0 saturated heterocycles. The van der Waals surface area contributed by atoms with E-state index < -0.39 is 0 Å². The molecule has 0 amide bonds. The zero-order valence-electron chi connectivity index (χ0n) is 11.5. The summed E-state index contributed by atoms with van der Waals surface area (Å²) < 4.78 is 0. The molecule has 0 radical (unpaired) electrons. The zero-order valence-corrected chi connectivity index (χ0v) is 11.5. The van der Waals surface area contributed by atoms with Gasteiger partial charge in [-0.25, -0.2) is 0 Å². The van der Waals surface area contributed by atoms with Crippen LogP contribution in [-0.2, 0) is 12.8 Å². The van der Waals surface area contributed by atoms with Crippen LogP contribution < -0.4 is 0 Å². The number of rotatable bonds is 1. The summed E-state index contributed by atoms with van der Waals surface area (Å²) in [5.74, 6) is 0. The van der Waals surface area contributed by atoms with E-state index in [0.29, 0.717) is 0 Å². The fourth-order valence-electron chi connectivity index (χ4n) is 1.85. The van der Waals surface area contributed by atoms with Crippen molar-refractivity contribution in [2.45, 2.75) is 53.9 Å². The van der Waals surface area contributed by atoms with E-state index in [1.807, 2.05) is 27.7 Å². The molecule has 1 aliphatic carbocycles. The molecule has 0 heteroatoms. The third-order valence-electron chi connectivity index (χ3n) is 2.53. The maximum Gasteiger partial charge on any atom is -0.0196 e. The van der Waals surface area contributed by atoms with Crippen LogP contribution in [0.25, 0.3) is 6.08 Å². The van der Waals surface area contributed by atoms with Crippen molar-refractivity contribution in [2.75, 3.05) is 0 Å². The Morgan fingerprint density at radius 2 is 1.75 bits per heavy atom. The molecule has 0 aliphatic heterocycles. The summed E-state index contributed by atoms with van der Waals surface area (Å²) in [6.07, 6.45) is 8.13. The number of fused-ring (bicyclic) bond motifs is 1. The summed E-state index contributed by atoms with van der Waals surface area (Å²) >= 11 is 0. The van der Waals surface area contributed by atoms with Crippen molar-refractivity contribution in [1.82, 2.24) is 0 Å². The molecule has 1 aromatic rings. The van der Waals surface area contributed by atoms with Gasteiger partial charge in [0, 0.05) is 0 Å². The Morgan fingerprint density at radius 1 is 1.06 bits per heavy atom. The largest absolute Gasteiger partial charge is 0.0836 e. The van der Waals surface area contributed by atoms with E-state index in [4.69, 9.17) is 0 Å². The Balaban J connectivity index is 0.000000509. The van der Waals surface area contributed by atoms with Gasteiger partial charge in [-0.15, -0.1) is 0 Å². The minimum atomic E-state index is 1.15. The first-order chi connectivity index (χ1) is 7.92. The van der Waals surface area contributed by atoms with E-state index in [0.717, 1.165) is 6.42 Å². The number of hydrogen-bond acceptors (Lipinski definition) is 0. The van der Waals surface area contributed by atoms with Crippen LogP contribution in [0.4, 0.5) is 0 Å². The van der Waals surface area contributed by atoms with Gasteiger partial charge in [-0.05, 0) is 36.0 Å². The predicted octanol–water partition coefficient (Wildman–Crippen LogP) is 5.26. The maximum atomic E-state index is 2.28. The second-order valence-electron chi connectivity index (χ2n) is 3.28. The second-order valence-corrected chi connectivity index (χ2v) is 3.28. The smallest absolute Gasteiger partial charge is 0.0196 e. The van der Waals surface area contributed by atoms with Crippen LogP contribution in [0.5, 0.6) is 0 Å². The molecule has 0 saturated carbocycles. The Hall–Kier alpha value is -1.04. The normalized spacial score (nSPS) is 11.6. The third-order valence-corrected chi connectivity index (χ3v) is 2.53. The number of hydrogen-bond donors (Lipinski definition) is 0. The summed E-state index contributed by atoms with van der Waals surface area (Å²) in [5, 5.41) is 0. The van der Waals surface area contributed by atoms with Gasteiger partial charge in [-0.3, -0.25) is 0 Å². The molecule has 0 unspecified atom stereocenters. The van der Waals surface area contributed by atoms with E-state index in [9.17, 15) is 0 Å². The monoisotopic (exact) mass is 218 g/mol. The van der Waals surface area contributed by atoms with Gasteiger partial charge in [-0.1, -0.05) is 65.0 Å². The average molecular weight is 218 g/mol. The molecule has 0 spiro atoms. The summed E-state index contributed by atoms with van der Waals surface area (Å²) in [4.78, 5) is 0. The average Bonchev–Trinajstić information content (AvgIpc) is 2.42. The first-order valence-electron chi connectivity index (χ1n) is 6.69. The highest BCUT2D eigenvalue weighted by atomic mass is 14.1. The lowest BCUT2D eigenvalue weighted by atomic mass is 9.92. The summed E-state index contributed by atoms with van der Waals surface area (Å²) in [5.41, 5.74) is 4.49. The summed E-state index contributed by atoms with van der Waals surface area (Å²) in [7, 11) is 0. The summed E-state index contributed by atoms with van der Waals surface area (Å²) in [6, 6.07) is 6.66. The van der Waals surface area contributed by atoms with Crippen LogP contribution in [-0.4, -0.2) is 0 Å². The minimum absolute atomic E-state index is 1.15. The van der Waals surface area contributed by atoms with Crippen LogP contribution in [0.2, 0.25) is 0 Å². The van der Waals surface area contributed by atoms with Gasteiger partial charge in [-0.2, -0.15) is 0 Å². The lowest BCUT2D eigenvalue weighted by Gasteiger charge is -2.13. The third kappa shape index (κ3) is 3.84. The Labute approximate surface area is 101 Å². The quantitative estimate of drug-likeness (QED) is 0.603. The number of benzene rings is 1. The van der Waals surface area contributed by atoms with Gasteiger partial charge >= 0.3 is 0 Å². The highest BCUT2D eigenvalue weighted by molar-refractivity contribution is 5.60. The molecule has 1 aromatic carbocycles. The molecule has 0 heterocycles. The van der Waals surface area contributed by atoms with Crippen molar-refractivity contribution in [3.8, 4) is 0 Å². The van der Waals surface area contributed by atoms with Crippen LogP contribution in [0.3, 0.4) is 0 Å². The minimum Gasteiger partial charge on any atom is -0.0836 e. The number of aryl methyl sites for hydroxylation is 2. The lowest BCUT2D eigenvalue weighted by molar-refractivity contribution is 0.971. The van der Waals surface area contributed by atoms with E-state index >= 15 is 0 Å². The first-order valence-corrected chi connectivity index (χ1v) is 6.69. The van der Waals surface area contributed by atoms with Crippen molar-refractivity contribution >= 4 is 6.08 Å². The highest BCUT2D eigenvalue weighted by Crippen LogP contribution is 2.22. The van der Waals surface area contributed by atoms with E-state index in [1.54, 1.807) is 0 Å². The molecule has 16 heavy (non-hydrogen) atoms. The van der Waals surface area contributed by atoms with Gasteiger partial charge in [0.05, 0.1) is 0 Å². The topological polar surface area (TPSA) is 0 Å². The van der Waals surface area contributed by atoms with Gasteiger partial charge in [0.2, 0.25) is 0 Å². The van der Waals surface area contributed by atoms with E-state index in [1.165, 1.54) is 29.5 Å². The van der Waals surface area contributed by atoms with Gasteiger partial charge in [0.15, 0.2) is 0 Å². The van der Waals surface area contributed by atoms with Gasteiger partial charge < -0.3 is 0 Å². The number of allylic oxidation sites excluding steroid dienone is 1. The van der Waals surface area contributed by atoms with Gasteiger partial charge in [0.25, 0.3) is 0 Å². The SMILES string of the molecule is CC.CC.CCc1cccc2c1C=CCC2. The molecular weight excluding hydrogens is 192 g/mol. The Kier molecular flexibility index (Phi) is 8.61. The summed E-state index contributed by atoms with van der Waals surface area (Å²) in [6.45, 7) is 10.2. The Morgan fingerprint density at radius 3 is 2.38 bits per heavy atom. The molecule has 0 fully saturated rings. The molecule has 0 bridgehead atoms. The molecule has 90 valence electrons. The standard InChI is InChI=1S/C12H14.2C2H6/c1-2-10-7-5-8-11-6-3-4-9-12(10)11;2*1-2/h4-5,7-9H,2-3,6H2,1H3;2*1-2H3. The zero-order chi connectivity index (χ0) is 12.4. The maximum absolute atomic E-state index is 2.28. The van der Waals surface area contributed by atoms with Crippen molar-refractivity contribution in [3.63, 3.8) is 0 Å². The van der Waals surface area contributed by atoms with Crippen molar-refractivity contribution in [1.29, 1.82) is 0 Å². The molecule has 0 nitrogen and oxygen atoms in total. The van der Waals surface area contributed by atoms with Crippen molar-refractivity contribution < 1.29 is 0 Å². The highest BCUT2D eigenvalue weighted by Gasteiger charge is 2.06. The first kappa shape index (κ1) is 15.0. The van der Waals surface area contributed by atoms with Crippen LogP contribution >= 0.6 is 0 Å². The van der Waals surface area contributed by atoms with Crippen LogP contribution in [0.15, 0.2) is 24.3 Å². The van der Waals surface area contributed by atoms with Crippen molar-refractivity contribution in [3.05, 3.63) is 41.0 Å². The second kappa shape index (κ2) is 9.21. The van der Waals surface area contributed by atoms with Crippen molar-refractivity contribution in [2.24, 2.45) is 0 Å². The predicted molar refractivity (Wildman–Crippen MR) is 75.9 cm³/mol. The molecule has 2 rings (SSSR count). The molecule has 1 aliphatic rings.